The molecule has 0 fully saturated rings. The smallest absolute Gasteiger partial charge is 0.352 e. The average molecular weight is 459 g/mol. The highest BCUT2D eigenvalue weighted by Crippen LogP contribution is 2.26. The van der Waals surface area contributed by atoms with E-state index in [1.165, 1.54) is 0 Å². The van der Waals surface area contributed by atoms with Crippen LogP contribution in [0.2, 0.25) is 0 Å². The number of H-pyrrole nitrogens is 1. The van der Waals surface area contributed by atoms with Gasteiger partial charge in [-0.3, -0.25) is 14.9 Å². The Morgan fingerprint density at radius 1 is 1.25 bits per heavy atom. The fourth-order valence-corrected chi connectivity index (χ4v) is 3.80. The number of aromatic nitrogens is 2. The fourth-order valence-electron chi connectivity index (χ4n) is 3.11. The van der Waals surface area contributed by atoms with Crippen LogP contribution in [0.4, 0.5) is 5.13 Å². The second kappa shape index (κ2) is 9.47. The molecule has 2 amide bonds. The summed E-state index contributed by atoms with van der Waals surface area (Å²) in [6, 6.07) is 4.90. The van der Waals surface area contributed by atoms with Crippen LogP contribution in [0.15, 0.2) is 23.6 Å². The molecule has 0 aliphatic carbocycles. The van der Waals surface area contributed by atoms with Gasteiger partial charge in [-0.1, -0.05) is 0 Å². The largest absolute Gasteiger partial charge is 0.477 e. The Kier molecular flexibility index (Phi) is 6.92. The number of nitrogens with zero attached hydrogens (tertiary/aromatic N) is 1. The summed E-state index contributed by atoms with van der Waals surface area (Å²) in [6.07, 6.45) is 1.10. The van der Waals surface area contributed by atoms with E-state index in [9.17, 15) is 19.5 Å². The van der Waals surface area contributed by atoms with Crippen molar-refractivity contribution in [2.24, 2.45) is 11.5 Å². The van der Waals surface area contributed by atoms with Crippen molar-refractivity contribution in [2.75, 3.05) is 18.4 Å². The number of thiazole rings is 1. The van der Waals surface area contributed by atoms with Crippen LogP contribution in [0.3, 0.4) is 0 Å². The Bertz CT molecular complexity index is 1160. The molecule has 10 nitrogen and oxygen atoms in total. The van der Waals surface area contributed by atoms with Gasteiger partial charge >= 0.3 is 5.97 Å². The third-order valence-electron chi connectivity index (χ3n) is 4.67. The minimum Gasteiger partial charge on any atom is -0.477 e. The van der Waals surface area contributed by atoms with Gasteiger partial charge in [0.05, 0.1) is 0 Å². The standard InChI is InChI=1S/C21H26N6O4S/c1-21(2,23)10-24-18(29)15-9-32-20(26-15)27-17(28)11-5-6-14-13(8-11)12(4-3-7-22)16(25-14)19(30)31/h5-6,8-9,25H,3-4,7,10,22-23H2,1-2H3,(H,24,29)(H,30,31)(H,26,27,28). The molecule has 0 aliphatic rings. The van der Waals surface area contributed by atoms with Gasteiger partial charge in [-0.2, -0.15) is 0 Å². The van der Waals surface area contributed by atoms with E-state index >= 15 is 0 Å². The number of carbonyl (C=O) groups is 3. The predicted molar refractivity (Wildman–Crippen MR) is 123 cm³/mol. The van der Waals surface area contributed by atoms with E-state index in [4.69, 9.17) is 11.5 Å². The number of hydrogen-bond donors (Lipinski definition) is 6. The van der Waals surface area contributed by atoms with Gasteiger partial charge < -0.3 is 26.9 Å². The third kappa shape index (κ3) is 5.49. The number of carboxylic acids is 1. The van der Waals surface area contributed by atoms with Crippen LogP contribution in [0, 0.1) is 0 Å². The molecule has 8 N–H and O–H groups in total. The van der Waals surface area contributed by atoms with Crippen molar-refractivity contribution in [3.05, 3.63) is 46.1 Å². The van der Waals surface area contributed by atoms with Crippen molar-refractivity contribution in [3.63, 3.8) is 0 Å². The summed E-state index contributed by atoms with van der Waals surface area (Å²) >= 11 is 1.13. The number of carbonyl (C=O) groups excluding carboxylic acids is 2. The lowest BCUT2D eigenvalue weighted by Gasteiger charge is -2.18. The van der Waals surface area contributed by atoms with E-state index in [2.05, 4.69) is 20.6 Å². The van der Waals surface area contributed by atoms with Gasteiger partial charge in [-0.05, 0) is 57.0 Å². The lowest BCUT2D eigenvalue weighted by molar-refractivity contribution is 0.0689. The minimum absolute atomic E-state index is 0.0993. The maximum atomic E-state index is 12.8. The first-order chi connectivity index (χ1) is 15.1. The molecule has 3 rings (SSSR count). The number of anilines is 1. The molecular weight excluding hydrogens is 432 g/mol. The van der Waals surface area contributed by atoms with Gasteiger partial charge in [0.25, 0.3) is 11.8 Å². The molecule has 0 aliphatic heterocycles. The van der Waals surface area contributed by atoms with Crippen molar-refractivity contribution < 1.29 is 19.5 Å². The quantitative estimate of drug-likeness (QED) is 0.284. The summed E-state index contributed by atoms with van der Waals surface area (Å²) in [6.45, 7) is 4.30. The zero-order chi connectivity index (χ0) is 23.5. The van der Waals surface area contributed by atoms with Gasteiger partial charge in [0.15, 0.2) is 5.13 Å². The first kappa shape index (κ1) is 23.4. The highest BCUT2D eigenvalue weighted by Gasteiger charge is 2.19. The molecule has 2 aromatic heterocycles. The number of nitrogens with two attached hydrogens (primary N) is 2. The highest BCUT2D eigenvalue weighted by molar-refractivity contribution is 7.14. The number of aromatic carboxylic acids is 1. The molecule has 0 atom stereocenters. The van der Waals surface area contributed by atoms with Gasteiger partial charge in [-0.15, -0.1) is 11.3 Å². The van der Waals surface area contributed by atoms with Gasteiger partial charge in [0.1, 0.15) is 11.4 Å². The number of rotatable bonds is 9. The fraction of sp³-hybridized carbons (Fsp3) is 0.333. The number of aryl methyl sites for hydroxylation is 1. The Morgan fingerprint density at radius 3 is 2.66 bits per heavy atom. The zero-order valence-electron chi connectivity index (χ0n) is 17.8. The first-order valence-corrected chi connectivity index (χ1v) is 10.9. The molecule has 0 radical (unpaired) electrons. The number of aromatic amines is 1. The van der Waals surface area contributed by atoms with Crippen LogP contribution in [-0.4, -0.2) is 51.5 Å². The summed E-state index contributed by atoms with van der Waals surface area (Å²) < 4.78 is 0. The van der Waals surface area contributed by atoms with Crippen LogP contribution in [0.25, 0.3) is 10.9 Å². The summed E-state index contributed by atoms with van der Waals surface area (Å²) in [5.74, 6) is -1.86. The van der Waals surface area contributed by atoms with Crippen LogP contribution < -0.4 is 22.1 Å². The molecule has 170 valence electrons. The molecular formula is C21H26N6O4S. The molecule has 0 unspecified atom stereocenters. The Labute approximate surface area is 188 Å². The van der Waals surface area contributed by atoms with E-state index in [1.54, 1.807) is 37.4 Å². The van der Waals surface area contributed by atoms with Crippen molar-refractivity contribution >= 4 is 45.2 Å². The number of benzene rings is 1. The molecule has 0 bridgehead atoms. The number of amides is 2. The zero-order valence-corrected chi connectivity index (χ0v) is 18.6. The molecule has 2 heterocycles. The molecule has 0 saturated carbocycles. The van der Waals surface area contributed by atoms with Gasteiger partial charge in [-0.25, -0.2) is 9.78 Å². The number of fused-ring (bicyclic) bond motifs is 1. The molecule has 0 saturated heterocycles. The van der Waals surface area contributed by atoms with Crippen molar-refractivity contribution in [2.45, 2.75) is 32.2 Å². The summed E-state index contributed by atoms with van der Waals surface area (Å²) in [4.78, 5) is 43.6. The number of hydrogen-bond acceptors (Lipinski definition) is 7. The van der Waals surface area contributed by atoms with E-state index in [0.717, 1.165) is 11.3 Å². The molecule has 0 spiro atoms. The monoisotopic (exact) mass is 458 g/mol. The average Bonchev–Trinajstić information content (AvgIpc) is 3.34. The van der Waals surface area contributed by atoms with E-state index < -0.39 is 17.4 Å². The van der Waals surface area contributed by atoms with Crippen LogP contribution >= 0.6 is 11.3 Å². The van der Waals surface area contributed by atoms with Crippen molar-refractivity contribution in [1.29, 1.82) is 0 Å². The minimum atomic E-state index is -1.06. The lowest BCUT2D eigenvalue weighted by Crippen LogP contribution is -2.45. The van der Waals surface area contributed by atoms with Gasteiger partial charge in [0.2, 0.25) is 0 Å². The van der Waals surface area contributed by atoms with Crippen LogP contribution in [-0.2, 0) is 6.42 Å². The molecule has 32 heavy (non-hydrogen) atoms. The molecule has 11 heteroatoms. The Hall–Kier alpha value is -3.28. The third-order valence-corrected chi connectivity index (χ3v) is 5.43. The first-order valence-electron chi connectivity index (χ1n) is 10.0. The lowest BCUT2D eigenvalue weighted by atomic mass is 10.0. The van der Waals surface area contributed by atoms with E-state index in [-0.39, 0.29) is 29.0 Å². The maximum Gasteiger partial charge on any atom is 0.352 e. The number of nitrogens with one attached hydrogen (secondary N) is 3. The second-order valence-corrected chi connectivity index (χ2v) is 8.96. The van der Waals surface area contributed by atoms with Crippen LogP contribution in [0.1, 0.15) is 57.2 Å². The second-order valence-electron chi connectivity index (χ2n) is 8.10. The Morgan fingerprint density at radius 2 is 2.00 bits per heavy atom. The van der Waals surface area contributed by atoms with Gasteiger partial charge in [0, 0.05) is 33.9 Å². The van der Waals surface area contributed by atoms with Crippen molar-refractivity contribution in [3.8, 4) is 0 Å². The van der Waals surface area contributed by atoms with E-state index in [0.29, 0.717) is 41.4 Å². The normalized spacial score (nSPS) is 11.5. The number of carboxylic acid groups (broad SMARTS) is 1. The molecule has 3 aromatic rings. The topological polar surface area (TPSA) is 176 Å². The SMILES string of the molecule is CC(C)(N)CNC(=O)c1csc(NC(=O)c2ccc3[nH]c(C(=O)O)c(CCCN)c3c2)n1. The molecule has 1 aromatic carbocycles. The highest BCUT2D eigenvalue weighted by atomic mass is 32.1. The van der Waals surface area contributed by atoms with Crippen molar-refractivity contribution in [1.82, 2.24) is 15.3 Å². The summed E-state index contributed by atoms with van der Waals surface area (Å²) in [7, 11) is 0. The van der Waals surface area contributed by atoms with Crippen LogP contribution in [0.5, 0.6) is 0 Å². The summed E-state index contributed by atoms with van der Waals surface area (Å²) in [5, 5.41) is 17.3. The maximum absolute atomic E-state index is 12.8. The predicted octanol–water partition coefficient (Wildman–Crippen LogP) is 1.93. The van der Waals surface area contributed by atoms with E-state index in [1.807, 2.05) is 0 Å². The Balaban J connectivity index is 1.78. The summed E-state index contributed by atoms with van der Waals surface area (Å²) in [5.41, 5.74) is 12.8.